The Morgan fingerprint density at radius 3 is 2.25 bits per heavy atom. The molecule has 0 aliphatic heterocycles. The molecule has 3 amide bonds. The third-order valence-electron chi connectivity index (χ3n) is 4.11. The van der Waals surface area contributed by atoms with Gasteiger partial charge < -0.3 is 10.1 Å². The van der Waals surface area contributed by atoms with E-state index < -0.39 is 11.8 Å². The lowest BCUT2D eigenvalue weighted by molar-refractivity contribution is -0.118. The van der Waals surface area contributed by atoms with Gasteiger partial charge >= 0.3 is 0 Å². The van der Waals surface area contributed by atoms with Crippen molar-refractivity contribution in [3.63, 3.8) is 0 Å². The molecule has 8 nitrogen and oxygen atoms in total. The minimum absolute atomic E-state index is 0.0633. The Balaban J connectivity index is 1.85. The van der Waals surface area contributed by atoms with Gasteiger partial charge in [-0.25, -0.2) is 0 Å². The average molecular weight is 521 g/mol. The van der Waals surface area contributed by atoms with Crippen LogP contribution in [0, 0.1) is 5.92 Å². The van der Waals surface area contributed by atoms with Crippen LogP contribution < -0.4 is 26.2 Å². The van der Waals surface area contributed by atoms with Crippen molar-refractivity contribution in [3.05, 3.63) is 58.1 Å². The van der Waals surface area contributed by atoms with E-state index in [1.807, 2.05) is 6.92 Å². The number of amides is 3. The van der Waals surface area contributed by atoms with E-state index in [1.54, 1.807) is 56.3 Å². The Hall–Kier alpha value is -2.98. The summed E-state index contributed by atoms with van der Waals surface area (Å²) in [5, 5.41) is 5.17. The Morgan fingerprint density at radius 1 is 1.00 bits per heavy atom. The van der Waals surface area contributed by atoms with Crippen molar-refractivity contribution >= 4 is 56.7 Å². The zero-order chi connectivity index (χ0) is 23.7. The van der Waals surface area contributed by atoms with Gasteiger partial charge in [-0.05, 0) is 77.0 Å². The summed E-state index contributed by atoms with van der Waals surface area (Å²) in [6.45, 7) is 6.17. The first-order valence-electron chi connectivity index (χ1n) is 9.96. The average Bonchev–Trinajstić information content (AvgIpc) is 2.77. The van der Waals surface area contributed by atoms with Crippen LogP contribution in [0.15, 0.2) is 46.9 Å². The van der Waals surface area contributed by atoms with Gasteiger partial charge in [0, 0.05) is 22.7 Å². The van der Waals surface area contributed by atoms with Crippen LogP contribution in [0.2, 0.25) is 0 Å². The summed E-state index contributed by atoms with van der Waals surface area (Å²) in [5.74, 6) is -0.508. The molecule has 170 valence electrons. The van der Waals surface area contributed by atoms with Gasteiger partial charge in [-0.2, -0.15) is 0 Å². The van der Waals surface area contributed by atoms with E-state index in [1.165, 1.54) is 0 Å². The maximum absolute atomic E-state index is 12.4. The first kappa shape index (κ1) is 25.3. The van der Waals surface area contributed by atoms with Crippen molar-refractivity contribution in [1.29, 1.82) is 0 Å². The van der Waals surface area contributed by atoms with E-state index in [9.17, 15) is 14.4 Å². The van der Waals surface area contributed by atoms with Crippen LogP contribution in [-0.2, 0) is 4.79 Å². The highest BCUT2D eigenvalue weighted by Crippen LogP contribution is 2.26. The topological polar surface area (TPSA) is 109 Å². The minimum Gasteiger partial charge on any atom is -0.492 e. The predicted octanol–water partition coefficient (Wildman–Crippen LogP) is 3.78. The van der Waals surface area contributed by atoms with Gasteiger partial charge in [-0.3, -0.25) is 30.6 Å². The number of carbonyl (C=O) groups is 3. The smallest absolute Gasteiger partial charge is 0.269 e. The van der Waals surface area contributed by atoms with Crippen LogP contribution in [0.4, 0.5) is 5.69 Å². The summed E-state index contributed by atoms with van der Waals surface area (Å²) in [7, 11) is 0. The van der Waals surface area contributed by atoms with Gasteiger partial charge in [0.1, 0.15) is 5.75 Å². The van der Waals surface area contributed by atoms with Crippen LogP contribution in [0.5, 0.6) is 5.75 Å². The quantitative estimate of drug-likeness (QED) is 0.326. The summed E-state index contributed by atoms with van der Waals surface area (Å²) < 4.78 is 6.21. The lowest BCUT2D eigenvalue weighted by atomic mass is 10.1. The molecule has 0 atom stereocenters. The molecule has 0 aliphatic carbocycles. The van der Waals surface area contributed by atoms with Crippen LogP contribution >= 0.6 is 28.1 Å². The van der Waals surface area contributed by atoms with Crippen molar-refractivity contribution in [3.8, 4) is 5.75 Å². The molecule has 0 saturated carbocycles. The predicted molar refractivity (Wildman–Crippen MR) is 131 cm³/mol. The Bertz CT molecular complexity index is 996. The molecule has 0 fully saturated rings. The molecule has 10 heteroatoms. The Morgan fingerprint density at radius 2 is 1.66 bits per heavy atom. The number of benzene rings is 2. The van der Waals surface area contributed by atoms with Gasteiger partial charge in [0.25, 0.3) is 11.8 Å². The summed E-state index contributed by atoms with van der Waals surface area (Å²) in [6, 6.07) is 11.3. The van der Waals surface area contributed by atoms with Gasteiger partial charge in [-0.15, -0.1) is 0 Å². The van der Waals surface area contributed by atoms with E-state index in [0.29, 0.717) is 33.6 Å². The van der Waals surface area contributed by atoms with Gasteiger partial charge in [-0.1, -0.05) is 20.8 Å². The molecule has 0 saturated heterocycles. The second-order valence-corrected chi connectivity index (χ2v) is 8.34. The van der Waals surface area contributed by atoms with Crippen molar-refractivity contribution in [1.82, 2.24) is 16.2 Å². The van der Waals surface area contributed by atoms with Gasteiger partial charge in [0.05, 0.1) is 11.1 Å². The molecule has 0 bridgehead atoms. The van der Waals surface area contributed by atoms with Crippen LogP contribution in [-0.4, -0.2) is 29.4 Å². The number of ether oxygens (including phenoxy) is 1. The molecular weight excluding hydrogens is 496 g/mol. The molecule has 2 aromatic carbocycles. The molecule has 32 heavy (non-hydrogen) atoms. The third-order valence-corrected chi connectivity index (χ3v) is 4.94. The van der Waals surface area contributed by atoms with E-state index in [-0.39, 0.29) is 16.9 Å². The fourth-order valence-electron chi connectivity index (χ4n) is 2.35. The normalized spacial score (nSPS) is 10.3. The molecular formula is C22H25BrN4O4S. The molecule has 4 N–H and O–H groups in total. The number of carbonyl (C=O) groups excluding carboxylic acids is 3. The van der Waals surface area contributed by atoms with Crippen LogP contribution in [0.25, 0.3) is 0 Å². The van der Waals surface area contributed by atoms with Crippen LogP contribution in [0.3, 0.4) is 0 Å². The van der Waals surface area contributed by atoms with Crippen molar-refractivity contribution in [2.45, 2.75) is 27.2 Å². The highest BCUT2D eigenvalue weighted by molar-refractivity contribution is 9.10. The standard InChI is InChI=1S/C22H25BrN4O4S/c1-4-11-31-18-10-7-15(12-17(18)23)20(29)25-22(32)27-26-21(30)14-5-8-16(9-6-14)24-19(28)13(2)3/h5-10,12-13H,4,11H2,1-3H3,(H,24,28)(H,26,30)(H2,25,27,29,32). The zero-order valence-electron chi connectivity index (χ0n) is 18.0. The Labute approximate surface area is 200 Å². The summed E-state index contributed by atoms with van der Waals surface area (Å²) >= 11 is 8.44. The van der Waals surface area contributed by atoms with Crippen molar-refractivity contribution in [2.24, 2.45) is 5.92 Å². The molecule has 0 unspecified atom stereocenters. The fraction of sp³-hybridized carbons (Fsp3) is 0.273. The monoisotopic (exact) mass is 520 g/mol. The molecule has 0 heterocycles. The second kappa shape index (κ2) is 12.2. The third kappa shape index (κ3) is 7.61. The first-order valence-corrected chi connectivity index (χ1v) is 11.2. The van der Waals surface area contributed by atoms with E-state index >= 15 is 0 Å². The van der Waals surface area contributed by atoms with Crippen molar-refractivity contribution in [2.75, 3.05) is 11.9 Å². The number of halogens is 1. The van der Waals surface area contributed by atoms with Crippen LogP contribution in [0.1, 0.15) is 47.9 Å². The van der Waals surface area contributed by atoms with Gasteiger partial charge in [0.2, 0.25) is 5.91 Å². The first-order chi connectivity index (χ1) is 15.2. The highest BCUT2D eigenvalue weighted by Gasteiger charge is 2.12. The number of nitrogens with one attached hydrogen (secondary N) is 4. The summed E-state index contributed by atoms with van der Waals surface area (Å²) in [6.07, 6.45) is 0.874. The van der Waals surface area contributed by atoms with E-state index in [4.69, 9.17) is 17.0 Å². The molecule has 2 rings (SSSR count). The fourth-order valence-corrected chi connectivity index (χ4v) is 2.99. The number of hydrogen-bond acceptors (Lipinski definition) is 5. The maximum Gasteiger partial charge on any atom is 0.269 e. The SMILES string of the molecule is CCCOc1ccc(C(=O)NC(=S)NNC(=O)c2ccc(NC(=O)C(C)C)cc2)cc1Br. The molecule has 0 spiro atoms. The number of thiocarbonyl (C=S) groups is 1. The largest absolute Gasteiger partial charge is 0.492 e. The summed E-state index contributed by atoms with van der Waals surface area (Å²) in [5.41, 5.74) is 6.22. The number of hydrogen-bond donors (Lipinski definition) is 4. The minimum atomic E-state index is -0.455. The zero-order valence-corrected chi connectivity index (χ0v) is 20.4. The highest BCUT2D eigenvalue weighted by atomic mass is 79.9. The van der Waals surface area contributed by atoms with Gasteiger partial charge in [0.15, 0.2) is 5.11 Å². The number of anilines is 1. The summed E-state index contributed by atoms with van der Waals surface area (Å²) in [4.78, 5) is 36.4. The lowest BCUT2D eigenvalue weighted by Gasteiger charge is -2.12. The Kier molecular flexibility index (Phi) is 9.61. The number of rotatable bonds is 7. The van der Waals surface area contributed by atoms with E-state index in [0.717, 1.165) is 6.42 Å². The maximum atomic E-state index is 12.4. The molecule has 0 radical (unpaired) electrons. The second-order valence-electron chi connectivity index (χ2n) is 7.08. The van der Waals surface area contributed by atoms with Crippen molar-refractivity contribution < 1.29 is 19.1 Å². The molecule has 0 aliphatic rings. The number of hydrazine groups is 1. The molecule has 2 aromatic rings. The molecule has 0 aromatic heterocycles. The lowest BCUT2D eigenvalue weighted by Crippen LogP contribution is -2.48. The van der Waals surface area contributed by atoms with E-state index in [2.05, 4.69) is 37.4 Å².